The Bertz CT molecular complexity index is 427. The van der Waals surface area contributed by atoms with Crippen LogP contribution in [0.5, 0.6) is 0 Å². The van der Waals surface area contributed by atoms with Gasteiger partial charge in [0.05, 0.1) is 12.7 Å². The lowest BCUT2D eigenvalue weighted by atomic mass is 10.2. The van der Waals surface area contributed by atoms with Gasteiger partial charge in [-0.1, -0.05) is 11.6 Å². The monoisotopic (exact) mass is 277 g/mol. The predicted octanol–water partition coefficient (Wildman–Crippen LogP) is 1.35. The number of anilines is 1. The van der Waals surface area contributed by atoms with Crippen LogP contribution in [0.3, 0.4) is 0 Å². The molecule has 0 fully saturated rings. The summed E-state index contributed by atoms with van der Waals surface area (Å²) in [6, 6.07) is 0. The molecule has 1 aromatic rings. The van der Waals surface area contributed by atoms with E-state index in [1.807, 2.05) is 0 Å². The van der Waals surface area contributed by atoms with Crippen molar-refractivity contribution in [3.63, 3.8) is 0 Å². The van der Waals surface area contributed by atoms with E-state index in [9.17, 15) is 9.90 Å². The number of hydrogen-bond acceptors (Lipinski definition) is 6. The minimum absolute atomic E-state index is 0.00428. The molecular weight excluding hydrogens is 262 g/mol. The molecule has 8 heteroatoms. The van der Waals surface area contributed by atoms with Gasteiger partial charge < -0.3 is 19.9 Å². The minimum Gasteiger partial charge on any atom is -0.464 e. The van der Waals surface area contributed by atoms with Crippen molar-refractivity contribution in [1.29, 1.82) is 0 Å². The van der Waals surface area contributed by atoms with Gasteiger partial charge in [0.2, 0.25) is 6.41 Å². The van der Waals surface area contributed by atoms with Crippen molar-refractivity contribution < 1.29 is 19.4 Å². The van der Waals surface area contributed by atoms with E-state index in [0.717, 1.165) is 0 Å². The van der Waals surface area contributed by atoms with E-state index in [-0.39, 0.29) is 16.5 Å². The second kappa shape index (κ2) is 5.55. The van der Waals surface area contributed by atoms with Gasteiger partial charge in [-0.15, -0.1) is 0 Å². The van der Waals surface area contributed by atoms with Crippen LogP contribution < -0.4 is 5.32 Å². The van der Waals surface area contributed by atoms with E-state index in [1.54, 1.807) is 20.8 Å². The largest absolute Gasteiger partial charge is 0.464 e. The number of aromatic amines is 1. The maximum absolute atomic E-state index is 11.3. The zero-order valence-corrected chi connectivity index (χ0v) is 11.3. The second-order valence-electron chi connectivity index (χ2n) is 4.48. The third-order valence-electron chi connectivity index (χ3n) is 1.82. The first-order valence-electron chi connectivity index (χ1n) is 5.19. The summed E-state index contributed by atoms with van der Waals surface area (Å²) in [6.07, 6.45) is -1.30. The fourth-order valence-electron chi connectivity index (χ4n) is 1.14. The zero-order chi connectivity index (χ0) is 13.9. The molecule has 0 aromatic carbocycles. The normalized spacial score (nSPS) is 13.2. The topological polar surface area (TPSA) is 96.5 Å². The quantitative estimate of drug-likeness (QED) is 0.568. The standard InChI is InChI=1S/C10H16ClN3O4/c1-10(2,3)18-9(16)12-7-5(11)6(13-14-7)8(15)17-4/h9,16H,1-4H3,(H2,12,13,14). The number of H-pyrrole nitrogens is 1. The van der Waals surface area contributed by atoms with Gasteiger partial charge in [-0.25, -0.2) is 4.79 Å². The molecule has 1 heterocycles. The molecule has 0 aliphatic rings. The summed E-state index contributed by atoms with van der Waals surface area (Å²) in [6.45, 7) is 5.35. The van der Waals surface area contributed by atoms with Gasteiger partial charge in [0.25, 0.3) is 0 Å². The molecule has 0 bridgehead atoms. The van der Waals surface area contributed by atoms with E-state index < -0.39 is 18.0 Å². The first kappa shape index (κ1) is 14.7. The molecule has 0 amide bonds. The second-order valence-corrected chi connectivity index (χ2v) is 4.86. The number of rotatable bonds is 4. The fourth-order valence-corrected chi connectivity index (χ4v) is 1.36. The maximum Gasteiger partial charge on any atom is 0.357 e. The van der Waals surface area contributed by atoms with Gasteiger partial charge in [0, 0.05) is 0 Å². The molecule has 0 saturated carbocycles. The van der Waals surface area contributed by atoms with Crippen LogP contribution in [0, 0.1) is 0 Å². The molecule has 1 aromatic heterocycles. The SMILES string of the molecule is COC(=O)c1[nH]nc(NC(O)OC(C)(C)C)c1Cl. The van der Waals surface area contributed by atoms with E-state index in [0.29, 0.717) is 0 Å². The number of methoxy groups -OCH3 is 1. The van der Waals surface area contributed by atoms with E-state index in [2.05, 4.69) is 20.3 Å². The van der Waals surface area contributed by atoms with Gasteiger partial charge in [-0.05, 0) is 20.8 Å². The Morgan fingerprint density at radius 2 is 2.17 bits per heavy atom. The Labute approximate surface area is 109 Å². The molecule has 0 saturated heterocycles. The van der Waals surface area contributed by atoms with Crippen molar-refractivity contribution >= 4 is 23.4 Å². The van der Waals surface area contributed by atoms with E-state index >= 15 is 0 Å². The summed E-state index contributed by atoms with van der Waals surface area (Å²) in [5.74, 6) is -0.541. The number of aliphatic hydroxyl groups is 1. The van der Waals surface area contributed by atoms with Crippen molar-refractivity contribution in [1.82, 2.24) is 10.2 Å². The third-order valence-corrected chi connectivity index (χ3v) is 2.19. The molecule has 1 unspecified atom stereocenters. The molecule has 3 N–H and O–H groups in total. The van der Waals surface area contributed by atoms with Crippen LogP contribution >= 0.6 is 11.6 Å². The summed E-state index contributed by atoms with van der Waals surface area (Å²) in [4.78, 5) is 11.3. The van der Waals surface area contributed by atoms with Crippen LogP contribution in [-0.2, 0) is 9.47 Å². The first-order chi connectivity index (χ1) is 8.24. The minimum atomic E-state index is -1.30. The summed E-state index contributed by atoms with van der Waals surface area (Å²) in [7, 11) is 1.23. The van der Waals surface area contributed by atoms with Gasteiger partial charge >= 0.3 is 5.97 Å². The molecule has 1 rings (SSSR count). The van der Waals surface area contributed by atoms with E-state index in [1.165, 1.54) is 7.11 Å². The Kier molecular flexibility index (Phi) is 4.55. The van der Waals surface area contributed by atoms with Crippen LogP contribution in [0.1, 0.15) is 31.3 Å². The van der Waals surface area contributed by atoms with Crippen molar-refractivity contribution in [3.05, 3.63) is 10.7 Å². The molecular formula is C10H16ClN3O4. The van der Waals surface area contributed by atoms with Crippen molar-refractivity contribution in [2.75, 3.05) is 12.4 Å². The lowest BCUT2D eigenvalue weighted by molar-refractivity contribution is -0.148. The van der Waals surface area contributed by atoms with Crippen molar-refractivity contribution in [2.24, 2.45) is 0 Å². The summed E-state index contributed by atoms with van der Waals surface area (Å²) in [5.41, 5.74) is -0.537. The Morgan fingerprint density at radius 3 is 2.67 bits per heavy atom. The van der Waals surface area contributed by atoms with Gasteiger partial charge in [0.15, 0.2) is 11.5 Å². The fraction of sp³-hybridized carbons (Fsp3) is 0.600. The van der Waals surface area contributed by atoms with Crippen LogP contribution in [0.4, 0.5) is 5.82 Å². The number of ether oxygens (including phenoxy) is 2. The number of esters is 1. The Morgan fingerprint density at radius 1 is 1.56 bits per heavy atom. The maximum atomic E-state index is 11.3. The van der Waals surface area contributed by atoms with Crippen LogP contribution in [0.15, 0.2) is 0 Å². The molecule has 18 heavy (non-hydrogen) atoms. The number of carbonyl (C=O) groups excluding carboxylic acids is 1. The van der Waals surface area contributed by atoms with Crippen molar-refractivity contribution in [2.45, 2.75) is 32.8 Å². The number of carbonyl (C=O) groups is 1. The molecule has 0 radical (unpaired) electrons. The van der Waals surface area contributed by atoms with Gasteiger partial charge in [0.1, 0.15) is 5.02 Å². The highest BCUT2D eigenvalue weighted by atomic mass is 35.5. The first-order valence-corrected chi connectivity index (χ1v) is 5.57. The Hall–Kier alpha value is -1.31. The number of aliphatic hydroxyl groups excluding tert-OH is 1. The number of nitrogens with zero attached hydrogens (tertiary/aromatic N) is 1. The number of nitrogens with one attached hydrogen (secondary N) is 2. The lowest BCUT2D eigenvalue weighted by Gasteiger charge is -2.24. The average molecular weight is 278 g/mol. The van der Waals surface area contributed by atoms with Crippen LogP contribution in [-0.4, -0.2) is 40.4 Å². The number of hydrogen-bond donors (Lipinski definition) is 3. The van der Waals surface area contributed by atoms with Crippen LogP contribution in [0.25, 0.3) is 0 Å². The van der Waals surface area contributed by atoms with Crippen LogP contribution in [0.2, 0.25) is 5.02 Å². The Balaban J connectivity index is 2.74. The zero-order valence-electron chi connectivity index (χ0n) is 10.6. The smallest absolute Gasteiger partial charge is 0.357 e. The highest BCUT2D eigenvalue weighted by Crippen LogP contribution is 2.24. The number of halogens is 1. The van der Waals surface area contributed by atoms with E-state index in [4.69, 9.17) is 16.3 Å². The molecule has 102 valence electrons. The van der Waals surface area contributed by atoms with Gasteiger partial charge in [-0.3, -0.25) is 5.10 Å². The highest BCUT2D eigenvalue weighted by molar-refractivity contribution is 6.35. The predicted molar refractivity (Wildman–Crippen MR) is 65.4 cm³/mol. The molecule has 0 aliphatic heterocycles. The molecule has 0 aliphatic carbocycles. The summed E-state index contributed by atoms with van der Waals surface area (Å²) in [5, 5.41) is 18.3. The molecule has 7 nitrogen and oxygen atoms in total. The van der Waals surface area contributed by atoms with Crippen molar-refractivity contribution in [3.8, 4) is 0 Å². The van der Waals surface area contributed by atoms with Gasteiger partial charge in [-0.2, -0.15) is 5.10 Å². The summed E-state index contributed by atoms with van der Waals surface area (Å²) < 4.78 is 9.71. The third kappa shape index (κ3) is 3.86. The molecule has 1 atom stereocenters. The highest BCUT2D eigenvalue weighted by Gasteiger charge is 2.22. The average Bonchev–Trinajstić information content (AvgIpc) is 2.57. The summed E-state index contributed by atoms with van der Waals surface area (Å²) >= 11 is 5.89. The molecule has 0 spiro atoms. The lowest BCUT2D eigenvalue weighted by Crippen LogP contribution is -2.32. The number of aromatic nitrogens is 2.